The maximum Gasteiger partial charge on any atom is 0.307 e. The molecule has 2 N–H and O–H groups in total. The summed E-state index contributed by atoms with van der Waals surface area (Å²) in [5, 5.41) is 19.1. The molecule has 0 heterocycles. The van der Waals surface area contributed by atoms with E-state index in [1.807, 2.05) is 0 Å². The summed E-state index contributed by atoms with van der Waals surface area (Å²) in [7, 11) is 0. The van der Waals surface area contributed by atoms with Gasteiger partial charge in [0.2, 0.25) is 0 Å². The normalized spacial score (nSPS) is 49.4. The third-order valence-electron chi connectivity index (χ3n) is 4.37. The van der Waals surface area contributed by atoms with Crippen LogP contribution in [-0.2, 0) is 9.59 Å². The SMILES string of the molecule is C[C@@]1(O)C(=O)[C@@]2(C)CC[C@@H]1C[C@H]2C(=O)O. The molecule has 3 aliphatic carbocycles. The van der Waals surface area contributed by atoms with Crippen molar-refractivity contribution in [2.75, 3.05) is 0 Å². The molecular formula is C11H16O4. The number of hydrogen-bond acceptors (Lipinski definition) is 3. The molecule has 0 spiro atoms. The summed E-state index contributed by atoms with van der Waals surface area (Å²) in [5.41, 5.74) is -2.19. The Bertz CT molecular complexity index is 333. The summed E-state index contributed by atoms with van der Waals surface area (Å²) in [6.07, 6.45) is 1.76. The van der Waals surface area contributed by atoms with Gasteiger partial charge in [-0.05, 0) is 32.1 Å². The lowest BCUT2D eigenvalue weighted by Gasteiger charge is -2.53. The molecule has 0 aromatic rings. The van der Waals surface area contributed by atoms with Crippen molar-refractivity contribution in [1.82, 2.24) is 0 Å². The van der Waals surface area contributed by atoms with Crippen molar-refractivity contribution in [2.24, 2.45) is 17.3 Å². The second kappa shape index (κ2) is 2.82. The van der Waals surface area contributed by atoms with Crippen LogP contribution >= 0.6 is 0 Å². The van der Waals surface area contributed by atoms with Gasteiger partial charge in [0.25, 0.3) is 0 Å². The maximum absolute atomic E-state index is 12.0. The zero-order valence-electron chi connectivity index (χ0n) is 8.99. The number of rotatable bonds is 1. The highest BCUT2D eigenvalue weighted by Gasteiger charge is 2.62. The van der Waals surface area contributed by atoms with Gasteiger partial charge in [-0.2, -0.15) is 0 Å². The molecule has 4 nitrogen and oxygen atoms in total. The van der Waals surface area contributed by atoms with Gasteiger partial charge in [-0.1, -0.05) is 6.92 Å². The van der Waals surface area contributed by atoms with E-state index in [-0.39, 0.29) is 11.7 Å². The molecule has 3 aliphatic rings. The molecule has 0 aromatic heterocycles. The van der Waals surface area contributed by atoms with Gasteiger partial charge in [-0.15, -0.1) is 0 Å². The summed E-state index contributed by atoms with van der Waals surface area (Å²) < 4.78 is 0. The summed E-state index contributed by atoms with van der Waals surface area (Å²) >= 11 is 0. The smallest absolute Gasteiger partial charge is 0.307 e. The fourth-order valence-corrected chi connectivity index (χ4v) is 3.23. The van der Waals surface area contributed by atoms with Crippen molar-refractivity contribution in [3.8, 4) is 0 Å². The first kappa shape index (κ1) is 10.6. The first-order valence-corrected chi connectivity index (χ1v) is 5.30. The van der Waals surface area contributed by atoms with Crippen LogP contribution in [0.15, 0.2) is 0 Å². The van der Waals surface area contributed by atoms with Crippen LogP contribution in [0.25, 0.3) is 0 Å². The predicted octanol–water partition coefficient (Wildman–Crippen LogP) is 0.827. The molecule has 0 radical (unpaired) electrons. The Morgan fingerprint density at radius 1 is 1.47 bits per heavy atom. The molecule has 3 saturated carbocycles. The van der Waals surface area contributed by atoms with E-state index in [0.717, 1.165) is 6.42 Å². The van der Waals surface area contributed by atoms with Crippen LogP contribution in [0, 0.1) is 17.3 Å². The molecular weight excluding hydrogens is 196 g/mol. The summed E-state index contributed by atoms with van der Waals surface area (Å²) in [6.45, 7) is 3.20. The molecule has 3 fully saturated rings. The fraction of sp³-hybridized carbons (Fsp3) is 0.818. The monoisotopic (exact) mass is 212 g/mol. The summed E-state index contributed by atoms with van der Waals surface area (Å²) in [4.78, 5) is 23.1. The van der Waals surface area contributed by atoms with Crippen LogP contribution < -0.4 is 0 Å². The highest BCUT2D eigenvalue weighted by atomic mass is 16.4. The van der Waals surface area contributed by atoms with E-state index < -0.39 is 22.9 Å². The molecule has 3 rings (SSSR count). The molecule has 0 amide bonds. The quantitative estimate of drug-likeness (QED) is 0.675. The number of carboxylic acids is 1. The number of carbonyl (C=O) groups is 2. The Balaban J connectivity index is 2.43. The van der Waals surface area contributed by atoms with Crippen molar-refractivity contribution in [1.29, 1.82) is 0 Å². The number of aliphatic carboxylic acids is 1. The van der Waals surface area contributed by atoms with E-state index in [0.29, 0.717) is 12.8 Å². The maximum atomic E-state index is 12.0. The van der Waals surface area contributed by atoms with Gasteiger partial charge >= 0.3 is 5.97 Å². The third-order valence-corrected chi connectivity index (χ3v) is 4.37. The van der Waals surface area contributed by atoms with E-state index >= 15 is 0 Å². The molecule has 84 valence electrons. The van der Waals surface area contributed by atoms with Crippen molar-refractivity contribution < 1.29 is 19.8 Å². The molecule has 0 aromatic carbocycles. The topological polar surface area (TPSA) is 74.6 Å². The fourth-order valence-electron chi connectivity index (χ4n) is 3.23. The lowest BCUT2D eigenvalue weighted by molar-refractivity contribution is -0.185. The highest BCUT2D eigenvalue weighted by Crippen LogP contribution is 2.55. The zero-order valence-corrected chi connectivity index (χ0v) is 8.99. The number of hydrogen-bond donors (Lipinski definition) is 2. The van der Waals surface area contributed by atoms with Gasteiger partial charge in [0.15, 0.2) is 5.78 Å². The number of Topliss-reactive ketones (excluding diaryl/α,β-unsaturated/α-hetero) is 1. The average Bonchev–Trinajstić information content (AvgIpc) is 2.14. The first-order chi connectivity index (χ1) is 6.80. The second-order valence-electron chi connectivity index (χ2n) is 5.26. The standard InChI is InChI=1S/C11H16O4/c1-10-4-3-6(5-7(10)8(12)13)11(2,15)9(10)14/h6-7,15H,3-5H2,1-2H3,(H,12,13)/t6-,7+,10+,11+/m1/s1. The summed E-state index contributed by atoms with van der Waals surface area (Å²) in [5.74, 6) is -2.01. The van der Waals surface area contributed by atoms with Crippen molar-refractivity contribution in [3.05, 3.63) is 0 Å². The van der Waals surface area contributed by atoms with Crippen LogP contribution in [0.4, 0.5) is 0 Å². The highest BCUT2D eigenvalue weighted by molar-refractivity contribution is 5.97. The number of carboxylic acid groups (broad SMARTS) is 1. The Labute approximate surface area is 88.3 Å². The zero-order chi connectivity index (χ0) is 11.4. The van der Waals surface area contributed by atoms with Crippen LogP contribution in [0.2, 0.25) is 0 Å². The lowest BCUT2D eigenvalue weighted by Crippen LogP contribution is -2.63. The molecule has 2 bridgehead atoms. The first-order valence-electron chi connectivity index (χ1n) is 5.30. The van der Waals surface area contributed by atoms with Crippen LogP contribution in [0.3, 0.4) is 0 Å². The minimum Gasteiger partial charge on any atom is -0.481 e. The number of ketones is 1. The van der Waals surface area contributed by atoms with Gasteiger partial charge < -0.3 is 10.2 Å². The Hall–Kier alpha value is -0.900. The average molecular weight is 212 g/mol. The number of fused-ring (bicyclic) bond motifs is 3. The molecule has 15 heavy (non-hydrogen) atoms. The van der Waals surface area contributed by atoms with E-state index in [1.54, 1.807) is 6.92 Å². The minimum atomic E-state index is -1.32. The second-order valence-corrected chi connectivity index (χ2v) is 5.26. The van der Waals surface area contributed by atoms with Crippen molar-refractivity contribution in [3.63, 3.8) is 0 Å². The molecule has 0 aliphatic heterocycles. The van der Waals surface area contributed by atoms with E-state index in [4.69, 9.17) is 5.11 Å². The Morgan fingerprint density at radius 3 is 2.60 bits per heavy atom. The van der Waals surface area contributed by atoms with E-state index in [9.17, 15) is 14.7 Å². The van der Waals surface area contributed by atoms with Crippen molar-refractivity contribution >= 4 is 11.8 Å². The van der Waals surface area contributed by atoms with E-state index in [1.165, 1.54) is 6.92 Å². The Kier molecular flexibility index (Phi) is 1.99. The Morgan fingerprint density at radius 2 is 2.07 bits per heavy atom. The van der Waals surface area contributed by atoms with Gasteiger partial charge in [0, 0.05) is 5.41 Å². The lowest BCUT2D eigenvalue weighted by atomic mass is 9.50. The van der Waals surface area contributed by atoms with Crippen molar-refractivity contribution in [2.45, 2.75) is 38.7 Å². The largest absolute Gasteiger partial charge is 0.481 e. The van der Waals surface area contributed by atoms with Crippen LogP contribution in [0.1, 0.15) is 33.1 Å². The number of aliphatic hydroxyl groups is 1. The van der Waals surface area contributed by atoms with Gasteiger partial charge in [-0.3, -0.25) is 9.59 Å². The minimum absolute atomic E-state index is 0.187. The van der Waals surface area contributed by atoms with Gasteiger partial charge in [-0.25, -0.2) is 0 Å². The third kappa shape index (κ3) is 1.17. The van der Waals surface area contributed by atoms with Crippen LogP contribution in [0.5, 0.6) is 0 Å². The molecule has 4 heteroatoms. The molecule has 0 unspecified atom stereocenters. The van der Waals surface area contributed by atoms with Crippen LogP contribution in [-0.4, -0.2) is 27.6 Å². The number of carbonyl (C=O) groups excluding carboxylic acids is 1. The van der Waals surface area contributed by atoms with Gasteiger partial charge in [0.1, 0.15) is 5.60 Å². The summed E-state index contributed by atoms with van der Waals surface area (Å²) in [6, 6.07) is 0. The van der Waals surface area contributed by atoms with E-state index in [2.05, 4.69) is 0 Å². The molecule has 4 atom stereocenters. The predicted molar refractivity (Wildman–Crippen MR) is 52.2 cm³/mol. The molecule has 0 saturated heterocycles. The van der Waals surface area contributed by atoms with Gasteiger partial charge in [0.05, 0.1) is 5.92 Å².